The van der Waals surface area contributed by atoms with Gasteiger partial charge in [0.05, 0.1) is 13.2 Å². The lowest BCUT2D eigenvalue weighted by Crippen LogP contribution is -2.21. The minimum atomic E-state index is -0.208. The van der Waals surface area contributed by atoms with Gasteiger partial charge in [-0.1, -0.05) is 24.3 Å². The Morgan fingerprint density at radius 1 is 0.774 bits per heavy atom. The molecule has 7 heteroatoms. The molecular weight excluding hydrogens is 394 g/mol. The molecule has 7 nitrogen and oxygen atoms in total. The fraction of sp³-hybridized carbons (Fsp3) is 0.167. The van der Waals surface area contributed by atoms with Gasteiger partial charge in [-0.25, -0.2) is 0 Å². The molecule has 0 saturated heterocycles. The molecule has 0 spiro atoms. The number of carbonyl (C=O) groups excluding carboxylic acids is 2. The lowest BCUT2D eigenvalue weighted by Gasteiger charge is -2.11. The van der Waals surface area contributed by atoms with Crippen LogP contribution in [0.4, 0.5) is 17.1 Å². The van der Waals surface area contributed by atoms with E-state index in [1.807, 2.05) is 30.3 Å². The van der Waals surface area contributed by atoms with Crippen molar-refractivity contribution in [3.63, 3.8) is 0 Å². The summed E-state index contributed by atoms with van der Waals surface area (Å²) < 4.78 is 10.5. The molecular formula is C24H25N3O4. The van der Waals surface area contributed by atoms with Crippen LogP contribution in [0.25, 0.3) is 0 Å². The molecule has 3 N–H and O–H groups in total. The zero-order valence-electron chi connectivity index (χ0n) is 17.3. The number of benzene rings is 3. The van der Waals surface area contributed by atoms with Crippen LogP contribution in [0.1, 0.15) is 10.4 Å². The van der Waals surface area contributed by atoms with E-state index < -0.39 is 0 Å². The standard InChI is InChI=1S/C24H25N3O4/c1-30-14-15-31-22-12-10-19(11-13-22)25-17-23(28)26-20-8-5-9-21(16-20)27-24(29)18-6-3-2-4-7-18/h2-13,16,25H,14-15,17H2,1H3,(H,26,28)(H,27,29). The Morgan fingerprint density at radius 3 is 2.19 bits per heavy atom. The van der Waals surface area contributed by atoms with Crippen molar-refractivity contribution in [3.8, 4) is 5.75 Å². The quantitative estimate of drug-likeness (QED) is 0.432. The fourth-order valence-electron chi connectivity index (χ4n) is 2.77. The van der Waals surface area contributed by atoms with E-state index in [9.17, 15) is 9.59 Å². The van der Waals surface area contributed by atoms with Crippen LogP contribution >= 0.6 is 0 Å². The van der Waals surface area contributed by atoms with Gasteiger partial charge in [0.25, 0.3) is 5.91 Å². The molecule has 3 aromatic rings. The summed E-state index contributed by atoms with van der Waals surface area (Å²) in [6.07, 6.45) is 0. The maximum Gasteiger partial charge on any atom is 0.255 e. The Labute approximate surface area is 181 Å². The summed E-state index contributed by atoms with van der Waals surface area (Å²) in [5.41, 5.74) is 2.57. The van der Waals surface area contributed by atoms with Gasteiger partial charge in [0.1, 0.15) is 12.4 Å². The van der Waals surface area contributed by atoms with Crippen LogP contribution in [-0.2, 0) is 9.53 Å². The van der Waals surface area contributed by atoms with Gasteiger partial charge in [-0.05, 0) is 54.6 Å². The smallest absolute Gasteiger partial charge is 0.255 e. The van der Waals surface area contributed by atoms with Crippen LogP contribution in [0.2, 0.25) is 0 Å². The molecule has 0 aliphatic carbocycles. The van der Waals surface area contributed by atoms with Gasteiger partial charge in [-0.3, -0.25) is 9.59 Å². The Morgan fingerprint density at radius 2 is 1.48 bits per heavy atom. The second kappa shape index (κ2) is 11.4. The second-order valence-corrected chi connectivity index (χ2v) is 6.67. The Bertz CT molecular complexity index is 991. The third kappa shape index (κ3) is 7.17. The lowest BCUT2D eigenvalue weighted by atomic mass is 10.2. The van der Waals surface area contributed by atoms with Crippen LogP contribution in [0, 0.1) is 0 Å². The largest absolute Gasteiger partial charge is 0.491 e. The molecule has 160 valence electrons. The molecule has 0 fully saturated rings. The van der Waals surface area contributed by atoms with Crippen molar-refractivity contribution in [3.05, 3.63) is 84.4 Å². The van der Waals surface area contributed by atoms with Crippen molar-refractivity contribution in [2.75, 3.05) is 42.8 Å². The van der Waals surface area contributed by atoms with Crippen LogP contribution < -0.4 is 20.7 Å². The van der Waals surface area contributed by atoms with Crippen molar-refractivity contribution in [2.24, 2.45) is 0 Å². The van der Waals surface area contributed by atoms with Crippen molar-refractivity contribution in [1.29, 1.82) is 0 Å². The molecule has 2 amide bonds. The Hall–Kier alpha value is -3.84. The number of carbonyl (C=O) groups is 2. The van der Waals surface area contributed by atoms with Gasteiger partial charge < -0.3 is 25.4 Å². The molecule has 0 aliphatic rings. The number of anilines is 3. The molecule has 0 saturated carbocycles. The van der Waals surface area contributed by atoms with Crippen LogP contribution in [0.5, 0.6) is 5.75 Å². The second-order valence-electron chi connectivity index (χ2n) is 6.67. The summed E-state index contributed by atoms with van der Waals surface area (Å²) in [6, 6.07) is 23.3. The fourth-order valence-corrected chi connectivity index (χ4v) is 2.77. The normalized spacial score (nSPS) is 10.2. The van der Waals surface area contributed by atoms with Crippen molar-refractivity contribution < 1.29 is 19.1 Å². The predicted molar refractivity (Wildman–Crippen MR) is 122 cm³/mol. The highest BCUT2D eigenvalue weighted by molar-refractivity contribution is 6.04. The van der Waals surface area contributed by atoms with Crippen LogP contribution in [0.15, 0.2) is 78.9 Å². The lowest BCUT2D eigenvalue weighted by molar-refractivity contribution is -0.114. The summed E-state index contributed by atoms with van der Waals surface area (Å²) in [6.45, 7) is 1.11. The first kappa shape index (κ1) is 21.9. The molecule has 0 bridgehead atoms. The zero-order chi connectivity index (χ0) is 21.9. The number of hydrogen-bond acceptors (Lipinski definition) is 5. The third-order valence-corrected chi connectivity index (χ3v) is 4.30. The minimum absolute atomic E-state index is 0.102. The maximum atomic E-state index is 12.3. The molecule has 0 atom stereocenters. The molecule has 3 aromatic carbocycles. The highest BCUT2D eigenvalue weighted by atomic mass is 16.5. The predicted octanol–water partition coefficient (Wildman–Crippen LogP) is 4.01. The van der Waals surface area contributed by atoms with E-state index >= 15 is 0 Å². The molecule has 31 heavy (non-hydrogen) atoms. The van der Waals surface area contributed by atoms with Crippen LogP contribution in [0.3, 0.4) is 0 Å². The zero-order valence-corrected chi connectivity index (χ0v) is 17.3. The summed E-state index contributed by atoms with van der Waals surface area (Å²) in [5.74, 6) is 0.328. The molecule has 3 rings (SSSR count). The molecule has 0 radical (unpaired) electrons. The van der Waals surface area contributed by atoms with Gasteiger partial charge in [0.15, 0.2) is 0 Å². The summed E-state index contributed by atoms with van der Waals surface area (Å²) in [4.78, 5) is 24.6. The van der Waals surface area contributed by atoms with E-state index in [4.69, 9.17) is 9.47 Å². The molecule has 0 heterocycles. The summed E-state index contributed by atoms with van der Waals surface area (Å²) in [5, 5.41) is 8.71. The van der Waals surface area contributed by atoms with Crippen molar-refractivity contribution in [2.45, 2.75) is 0 Å². The average molecular weight is 419 g/mol. The van der Waals surface area contributed by atoms with Crippen molar-refractivity contribution >= 4 is 28.9 Å². The number of amides is 2. The van der Waals surface area contributed by atoms with Gasteiger partial charge in [0.2, 0.25) is 5.91 Å². The van der Waals surface area contributed by atoms with E-state index in [-0.39, 0.29) is 18.4 Å². The monoisotopic (exact) mass is 419 g/mol. The topological polar surface area (TPSA) is 88.7 Å². The number of methoxy groups -OCH3 is 1. The molecule has 0 aliphatic heterocycles. The van der Waals surface area contributed by atoms with E-state index in [1.165, 1.54) is 0 Å². The van der Waals surface area contributed by atoms with Crippen molar-refractivity contribution in [1.82, 2.24) is 0 Å². The highest BCUT2D eigenvalue weighted by Crippen LogP contribution is 2.17. The SMILES string of the molecule is COCCOc1ccc(NCC(=O)Nc2cccc(NC(=O)c3ccccc3)c2)cc1. The Balaban J connectivity index is 1.48. The maximum absolute atomic E-state index is 12.3. The highest BCUT2D eigenvalue weighted by Gasteiger charge is 2.07. The molecule has 0 unspecified atom stereocenters. The van der Waals surface area contributed by atoms with Crippen LogP contribution in [-0.4, -0.2) is 38.7 Å². The first-order chi connectivity index (χ1) is 15.1. The Kier molecular flexibility index (Phi) is 8.02. The summed E-state index contributed by atoms with van der Waals surface area (Å²) >= 11 is 0. The average Bonchev–Trinajstić information content (AvgIpc) is 2.79. The van der Waals surface area contributed by atoms with E-state index in [1.54, 1.807) is 55.6 Å². The first-order valence-electron chi connectivity index (χ1n) is 9.86. The third-order valence-electron chi connectivity index (χ3n) is 4.30. The minimum Gasteiger partial charge on any atom is -0.491 e. The number of hydrogen-bond donors (Lipinski definition) is 3. The van der Waals surface area contributed by atoms with E-state index in [2.05, 4.69) is 16.0 Å². The summed E-state index contributed by atoms with van der Waals surface area (Å²) in [7, 11) is 1.62. The van der Waals surface area contributed by atoms with E-state index in [0.717, 1.165) is 11.4 Å². The van der Waals surface area contributed by atoms with Gasteiger partial charge in [-0.15, -0.1) is 0 Å². The van der Waals surface area contributed by atoms with Gasteiger partial charge in [-0.2, -0.15) is 0 Å². The first-order valence-corrected chi connectivity index (χ1v) is 9.86. The van der Waals surface area contributed by atoms with Gasteiger partial charge in [0, 0.05) is 29.7 Å². The number of nitrogens with one attached hydrogen (secondary N) is 3. The number of ether oxygens (including phenoxy) is 2. The molecule has 0 aromatic heterocycles. The van der Waals surface area contributed by atoms with E-state index in [0.29, 0.717) is 30.2 Å². The number of rotatable bonds is 10. The van der Waals surface area contributed by atoms with Gasteiger partial charge >= 0.3 is 0 Å².